The molecule has 0 amide bonds. The van der Waals surface area contributed by atoms with E-state index in [-0.39, 0.29) is 0 Å². The number of ether oxygens (including phenoxy) is 2. The van der Waals surface area contributed by atoms with Crippen LogP contribution in [0.3, 0.4) is 0 Å². The van der Waals surface area contributed by atoms with Gasteiger partial charge in [-0.1, -0.05) is 0 Å². The standard InChI is InChI=1S/C6H7NO9/c7-2(15-4(9)10)1-6(13,14)3(8)16-5(11)12/h7,13-14H,1H2,(H,9,10)(H,11,12). The van der Waals surface area contributed by atoms with Crippen LogP contribution in [0.15, 0.2) is 0 Å². The summed E-state index contributed by atoms with van der Waals surface area (Å²) in [4.78, 5) is 30.5. The first-order valence-electron chi connectivity index (χ1n) is 3.53. The molecule has 0 aromatic heterocycles. The molecule has 0 heterocycles. The molecule has 0 aliphatic rings. The first-order chi connectivity index (χ1) is 7.15. The molecule has 0 unspecified atom stereocenters. The van der Waals surface area contributed by atoms with Crippen molar-refractivity contribution >= 4 is 24.2 Å². The van der Waals surface area contributed by atoms with Gasteiger partial charge in [-0.05, 0) is 0 Å². The monoisotopic (exact) mass is 237 g/mol. The summed E-state index contributed by atoms with van der Waals surface area (Å²) >= 11 is 0. The van der Waals surface area contributed by atoms with E-state index in [2.05, 4.69) is 9.47 Å². The average molecular weight is 237 g/mol. The van der Waals surface area contributed by atoms with Crippen molar-refractivity contribution in [3.8, 4) is 0 Å². The van der Waals surface area contributed by atoms with E-state index in [1.165, 1.54) is 0 Å². The second kappa shape index (κ2) is 5.04. The van der Waals surface area contributed by atoms with Crippen LogP contribution in [0.5, 0.6) is 0 Å². The normalized spacial score (nSPS) is 10.4. The van der Waals surface area contributed by atoms with Crippen LogP contribution in [0.1, 0.15) is 6.42 Å². The zero-order chi connectivity index (χ0) is 12.9. The minimum atomic E-state index is -3.36. The summed E-state index contributed by atoms with van der Waals surface area (Å²) in [6.45, 7) is 0. The Balaban J connectivity index is 4.44. The van der Waals surface area contributed by atoms with E-state index in [0.29, 0.717) is 0 Å². The van der Waals surface area contributed by atoms with Crippen LogP contribution in [0.4, 0.5) is 9.59 Å². The predicted molar refractivity (Wildman–Crippen MR) is 42.7 cm³/mol. The van der Waals surface area contributed by atoms with Gasteiger partial charge in [0.25, 0.3) is 5.79 Å². The minimum absolute atomic E-state index is 1.17. The summed E-state index contributed by atoms with van der Waals surface area (Å²) in [7, 11) is 0. The third-order valence-electron chi connectivity index (χ3n) is 1.12. The molecule has 0 spiro atoms. The number of hydrogen-bond acceptors (Lipinski definition) is 8. The lowest BCUT2D eigenvalue weighted by Gasteiger charge is -2.17. The highest BCUT2D eigenvalue weighted by Crippen LogP contribution is 2.10. The number of aliphatic hydroxyl groups is 2. The van der Waals surface area contributed by atoms with E-state index in [0.717, 1.165) is 0 Å². The first-order valence-corrected chi connectivity index (χ1v) is 3.53. The maximum absolute atomic E-state index is 10.7. The van der Waals surface area contributed by atoms with E-state index in [4.69, 9.17) is 25.8 Å². The van der Waals surface area contributed by atoms with Crippen LogP contribution in [-0.2, 0) is 14.3 Å². The molecule has 0 aromatic carbocycles. The number of carbonyl (C=O) groups is 3. The maximum Gasteiger partial charge on any atom is 0.513 e. The molecule has 0 saturated heterocycles. The molecule has 5 N–H and O–H groups in total. The van der Waals surface area contributed by atoms with Crippen molar-refractivity contribution in [3.63, 3.8) is 0 Å². The minimum Gasteiger partial charge on any atom is -0.449 e. The topological polar surface area (TPSA) is 174 Å². The SMILES string of the molecule is N=C(CC(O)(O)C(=O)OC(=O)O)OC(=O)O. The van der Waals surface area contributed by atoms with Crippen molar-refractivity contribution in [2.24, 2.45) is 0 Å². The molecule has 0 aliphatic heterocycles. The van der Waals surface area contributed by atoms with Crippen LogP contribution >= 0.6 is 0 Å². The van der Waals surface area contributed by atoms with Gasteiger partial charge in [0.05, 0.1) is 6.42 Å². The van der Waals surface area contributed by atoms with Crippen LogP contribution < -0.4 is 0 Å². The lowest BCUT2D eigenvalue weighted by Crippen LogP contribution is -2.43. The second-order valence-corrected chi connectivity index (χ2v) is 2.44. The molecule has 0 radical (unpaired) electrons. The average Bonchev–Trinajstić information content (AvgIpc) is 1.98. The van der Waals surface area contributed by atoms with Crippen molar-refractivity contribution in [2.45, 2.75) is 12.2 Å². The number of esters is 1. The first kappa shape index (κ1) is 13.8. The molecule has 16 heavy (non-hydrogen) atoms. The van der Waals surface area contributed by atoms with Crippen LogP contribution in [0.25, 0.3) is 0 Å². The highest BCUT2D eigenvalue weighted by molar-refractivity contribution is 5.91. The summed E-state index contributed by atoms with van der Waals surface area (Å²) < 4.78 is 7.06. The van der Waals surface area contributed by atoms with Crippen molar-refractivity contribution < 1.29 is 44.3 Å². The van der Waals surface area contributed by atoms with Crippen LogP contribution in [-0.4, -0.2) is 50.4 Å². The van der Waals surface area contributed by atoms with E-state index in [1.807, 2.05) is 0 Å². The Morgan fingerprint density at radius 3 is 1.88 bits per heavy atom. The molecule has 0 atom stereocenters. The summed E-state index contributed by atoms with van der Waals surface area (Å²) in [6.07, 6.45) is -5.25. The van der Waals surface area contributed by atoms with Crippen LogP contribution in [0.2, 0.25) is 0 Å². The van der Waals surface area contributed by atoms with Crippen LogP contribution in [0, 0.1) is 5.41 Å². The number of rotatable bonds is 3. The zero-order valence-corrected chi connectivity index (χ0v) is 7.54. The van der Waals surface area contributed by atoms with Crippen molar-refractivity contribution in [1.29, 1.82) is 5.41 Å². The summed E-state index contributed by atoms with van der Waals surface area (Å²) in [5.41, 5.74) is 0. The number of hydrogen-bond donors (Lipinski definition) is 5. The smallest absolute Gasteiger partial charge is 0.449 e. The third-order valence-corrected chi connectivity index (χ3v) is 1.12. The van der Waals surface area contributed by atoms with E-state index in [1.54, 1.807) is 0 Å². The highest BCUT2D eigenvalue weighted by atomic mass is 16.7. The van der Waals surface area contributed by atoms with E-state index < -0.39 is 36.4 Å². The summed E-state index contributed by atoms with van der Waals surface area (Å²) in [5.74, 6) is -6.50. The summed E-state index contributed by atoms with van der Waals surface area (Å²) in [5, 5.41) is 40.6. The molecule has 90 valence electrons. The highest BCUT2D eigenvalue weighted by Gasteiger charge is 2.39. The Morgan fingerprint density at radius 1 is 1.06 bits per heavy atom. The molecule has 0 aliphatic carbocycles. The predicted octanol–water partition coefficient (Wildman–Crippen LogP) is -1.05. The molecule has 10 nitrogen and oxygen atoms in total. The number of nitrogens with one attached hydrogen (secondary N) is 1. The zero-order valence-electron chi connectivity index (χ0n) is 7.54. The largest absolute Gasteiger partial charge is 0.513 e. The van der Waals surface area contributed by atoms with Gasteiger partial charge in [0.15, 0.2) is 0 Å². The third kappa shape index (κ3) is 4.88. The fraction of sp³-hybridized carbons (Fsp3) is 0.333. The molecule has 0 bridgehead atoms. The van der Waals surface area contributed by atoms with E-state index in [9.17, 15) is 14.4 Å². The molecule has 0 fully saturated rings. The molecule has 0 saturated carbocycles. The van der Waals surface area contributed by atoms with Crippen molar-refractivity contribution in [2.75, 3.05) is 0 Å². The van der Waals surface area contributed by atoms with Crippen molar-refractivity contribution in [3.05, 3.63) is 0 Å². The molecule has 10 heteroatoms. The van der Waals surface area contributed by atoms with Gasteiger partial charge in [-0.3, -0.25) is 5.41 Å². The second-order valence-electron chi connectivity index (χ2n) is 2.44. The quantitative estimate of drug-likeness (QED) is 0.135. The lowest BCUT2D eigenvalue weighted by molar-refractivity contribution is -0.202. The Hall–Kier alpha value is -2.20. The molecule has 0 rings (SSSR count). The maximum atomic E-state index is 10.7. The Morgan fingerprint density at radius 2 is 1.50 bits per heavy atom. The number of carboxylic acid groups (broad SMARTS) is 2. The summed E-state index contributed by atoms with van der Waals surface area (Å²) in [6, 6.07) is 0. The van der Waals surface area contributed by atoms with Gasteiger partial charge in [0.2, 0.25) is 5.90 Å². The van der Waals surface area contributed by atoms with Gasteiger partial charge >= 0.3 is 18.3 Å². The van der Waals surface area contributed by atoms with Crippen molar-refractivity contribution in [1.82, 2.24) is 0 Å². The van der Waals surface area contributed by atoms with Gasteiger partial charge in [-0.2, -0.15) is 0 Å². The lowest BCUT2D eigenvalue weighted by atomic mass is 10.2. The van der Waals surface area contributed by atoms with Gasteiger partial charge in [-0.25, -0.2) is 14.4 Å². The number of carbonyl (C=O) groups excluding carboxylic acids is 1. The Labute approximate surface area is 87.1 Å². The molecular weight excluding hydrogens is 230 g/mol. The molecule has 0 aromatic rings. The Kier molecular flexibility index (Phi) is 4.35. The fourth-order valence-electron chi connectivity index (χ4n) is 0.599. The van der Waals surface area contributed by atoms with Gasteiger partial charge in [-0.15, -0.1) is 0 Å². The van der Waals surface area contributed by atoms with E-state index >= 15 is 0 Å². The fourth-order valence-corrected chi connectivity index (χ4v) is 0.599. The molecular formula is C6H7NO9. The van der Waals surface area contributed by atoms with Gasteiger partial charge in [0.1, 0.15) is 0 Å². The van der Waals surface area contributed by atoms with Gasteiger partial charge < -0.3 is 29.9 Å². The Bertz CT molecular complexity index is 333. The van der Waals surface area contributed by atoms with Gasteiger partial charge in [0, 0.05) is 0 Å².